The maximum absolute atomic E-state index is 11.6. The number of methoxy groups -OCH3 is 1. The summed E-state index contributed by atoms with van der Waals surface area (Å²) in [5.41, 5.74) is 2.57. The third-order valence-corrected chi connectivity index (χ3v) is 4.12. The van der Waals surface area contributed by atoms with Crippen molar-refractivity contribution in [2.45, 2.75) is 39.0 Å². The molecule has 4 nitrogen and oxygen atoms in total. The van der Waals surface area contributed by atoms with Crippen LogP contribution in [-0.4, -0.2) is 36.6 Å². The second-order valence-electron chi connectivity index (χ2n) is 6.45. The van der Waals surface area contributed by atoms with Gasteiger partial charge in [-0.1, -0.05) is 60.7 Å². The summed E-state index contributed by atoms with van der Waals surface area (Å²) in [6.07, 6.45) is 0. The molecule has 0 aliphatic rings. The van der Waals surface area contributed by atoms with Gasteiger partial charge in [-0.2, -0.15) is 0 Å². The molecule has 2 atom stereocenters. The third kappa shape index (κ3) is 6.69. The van der Waals surface area contributed by atoms with Gasteiger partial charge in [-0.3, -0.25) is 9.69 Å². The molecule has 1 N–H and O–H groups in total. The predicted octanol–water partition coefficient (Wildman–Crippen LogP) is 3.23. The third-order valence-electron chi connectivity index (χ3n) is 4.12. The van der Waals surface area contributed by atoms with E-state index in [0.717, 1.165) is 19.6 Å². The van der Waals surface area contributed by atoms with Crippen LogP contribution in [-0.2, 0) is 22.6 Å². The van der Waals surface area contributed by atoms with Gasteiger partial charge >= 0.3 is 5.97 Å². The van der Waals surface area contributed by atoms with Crippen molar-refractivity contribution in [1.29, 1.82) is 0 Å². The smallest absolute Gasteiger partial charge is 0.322 e. The predicted molar refractivity (Wildman–Crippen MR) is 101 cm³/mol. The van der Waals surface area contributed by atoms with Crippen LogP contribution in [0.2, 0.25) is 0 Å². The van der Waals surface area contributed by atoms with Gasteiger partial charge < -0.3 is 10.1 Å². The molecule has 134 valence electrons. The Labute approximate surface area is 150 Å². The molecule has 0 saturated carbocycles. The first-order valence-electron chi connectivity index (χ1n) is 8.72. The number of nitrogens with zero attached hydrogens (tertiary/aromatic N) is 1. The van der Waals surface area contributed by atoms with Gasteiger partial charge in [0.2, 0.25) is 0 Å². The van der Waals surface area contributed by atoms with Crippen molar-refractivity contribution in [3.8, 4) is 0 Å². The molecule has 25 heavy (non-hydrogen) atoms. The fourth-order valence-electron chi connectivity index (χ4n) is 2.98. The van der Waals surface area contributed by atoms with Gasteiger partial charge in [0.25, 0.3) is 0 Å². The van der Waals surface area contributed by atoms with Crippen LogP contribution in [0.4, 0.5) is 0 Å². The molecule has 2 rings (SSSR count). The Morgan fingerprint density at radius 3 is 1.88 bits per heavy atom. The van der Waals surface area contributed by atoms with E-state index in [1.165, 1.54) is 18.2 Å². The molecule has 0 radical (unpaired) electrons. The number of benzene rings is 2. The Morgan fingerprint density at radius 1 is 0.960 bits per heavy atom. The highest BCUT2D eigenvalue weighted by molar-refractivity contribution is 5.75. The van der Waals surface area contributed by atoms with Gasteiger partial charge in [0.15, 0.2) is 0 Å². The second kappa shape index (κ2) is 9.97. The number of rotatable bonds is 9. The molecule has 2 aromatic rings. The van der Waals surface area contributed by atoms with Crippen molar-refractivity contribution in [3.05, 3.63) is 71.8 Å². The molecule has 0 unspecified atom stereocenters. The van der Waals surface area contributed by atoms with E-state index in [0.29, 0.717) is 0 Å². The Kier molecular flexibility index (Phi) is 7.64. The number of esters is 1. The molecule has 0 aliphatic heterocycles. The van der Waals surface area contributed by atoms with Gasteiger partial charge in [0.1, 0.15) is 6.04 Å². The zero-order valence-corrected chi connectivity index (χ0v) is 15.3. The van der Waals surface area contributed by atoms with Crippen molar-refractivity contribution in [2.75, 3.05) is 13.7 Å². The van der Waals surface area contributed by atoms with E-state index in [9.17, 15) is 4.79 Å². The lowest BCUT2D eigenvalue weighted by Crippen LogP contribution is -2.45. The Bertz CT molecular complexity index is 589. The zero-order chi connectivity index (χ0) is 18.1. The first-order chi connectivity index (χ1) is 12.1. The highest BCUT2D eigenvalue weighted by atomic mass is 16.5. The van der Waals surface area contributed by atoms with Crippen LogP contribution in [0.5, 0.6) is 0 Å². The van der Waals surface area contributed by atoms with Gasteiger partial charge in [-0.15, -0.1) is 0 Å². The second-order valence-corrected chi connectivity index (χ2v) is 6.45. The van der Waals surface area contributed by atoms with E-state index in [1.54, 1.807) is 0 Å². The quantitative estimate of drug-likeness (QED) is 0.712. The first-order valence-corrected chi connectivity index (χ1v) is 8.72. The number of nitrogens with one attached hydrogen (secondary N) is 1. The molecule has 0 saturated heterocycles. The van der Waals surface area contributed by atoms with E-state index in [2.05, 4.69) is 65.7 Å². The standard InChI is InChI=1S/C21H28N2O2/c1-17(22-18(2)21(24)25-3)14-23(15-19-10-6-4-7-11-19)16-20-12-8-5-9-13-20/h4-13,17-18,22H,14-16H2,1-3H3/t17-,18-/m0/s1. The minimum absolute atomic E-state index is 0.168. The normalized spacial score (nSPS) is 13.4. The van der Waals surface area contributed by atoms with Crippen molar-refractivity contribution in [2.24, 2.45) is 0 Å². The molecule has 0 bridgehead atoms. The summed E-state index contributed by atoms with van der Waals surface area (Å²) in [6, 6.07) is 20.8. The van der Waals surface area contributed by atoms with Crippen molar-refractivity contribution in [3.63, 3.8) is 0 Å². The summed E-state index contributed by atoms with van der Waals surface area (Å²) >= 11 is 0. The van der Waals surface area contributed by atoms with Gasteiger partial charge in [0.05, 0.1) is 7.11 Å². The molecule has 0 spiro atoms. The topological polar surface area (TPSA) is 41.6 Å². The van der Waals surface area contributed by atoms with E-state index < -0.39 is 0 Å². The molecule has 0 aromatic heterocycles. The van der Waals surface area contributed by atoms with E-state index in [-0.39, 0.29) is 18.1 Å². The van der Waals surface area contributed by atoms with Gasteiger partial charge in [0, 0.05) is 25.7 Å². The summed E-state index contributed by atoms with van der Waals surface area (Å²) in [5.74, 6) is -0.232. The van der Waals surface area contributed by atoms with Crippen LogP contribution < -0.4 is 5.32 Å². The van der Waals surface area contributed by atoms with E-state index in [1.807, 2.05) is 19.1 Å². The van der Waals surface area contributed by atoms with Crippen LogP contribution in [0.3, 0.4) is 0 Å². The number of carbonyl (C=O) groups is 1. The summed E-state index contributed by atoms with van der Waals surface area (Å²) in [4.78, 5) is 14.0. The van der Waals surface area contributed by atoms with Crippen LogP contribution in [0.15, 0.2) is 60.7 Å². The first kappa shape index (κ1) is 19.2. The largest absolute Gasteiger partial charge is 0.468 e. The molecular weight excluding hydrogens is 312 g/mol. The minimum Gasteiger partial charge on any atom is -0.468 e. The Balaban J connectivity index is 2.01. The molecule has 0 fully saturated rings. The summed E-state index contributed by atoms with van der Waals surface area (Å²) < 4.78 is 4.79. The van der Waals surface area contributed by atoms with Crippen molar-refractivity contribution >= 4 is 5.97 Å². The fraction of sp³-hybridized carbons (Fsp3) is 0.381. The summed E-state index contributed by atoms with van der Waals surface area (Å²) in [5, 5.41) is 3.32. The zero-order valence-electron chi connectivity index (χ0n) is 15.3. The van der Waals surface area contributed by atoms with E-state index >= 15 is 0 Å². The van der Waals surface area contributed by atoms with Crippen LogP contribution in [0.1, 0.15) is 25.0 Å². The highest BCUT2D eigenvalue weighted by Crippen LogP contribution is 2.11. The average molecular weight is 340 g/mol. The number of hydrogen-bond donors (Lipinski definition) is 1. The Hall–Kier alpha value is -2.17. The molecular formula is C21H28N2O2. The van der Waals surface area contributed by atoms with Crippen LogP contribution in [0.25, 0.3) is 0 Å². The summed E-state index contributed by atoms with van der Waals surface area (Å²) in [6.45, 7) is 6.51. The van der Waals surface area contributed by atoms with Crippen molar-refractivity contribution < 1.29 is 9.53 Å². The molecule has 0 heterocycles. The monoisotopic (exact) mass is 340 g/mol. The van der Waals surface area contributed by atoms with Gasteiger partial charge in [-0.25, -0.2) is 0 Å². The minimum atomic E-state index is -0.310. The fourth-order valence-corrected chi connectivity index (χ4v) is 2.98. The average Bonchev–Trinajstić information content (AvgIpc) is 2.62. The lowest BCUT2D eigenvalue weighted by atomic mass is 10.1. The molecule has 0 amide bonds. The summed E-state index contributed by atoms with van der Waals surface area (Å²) in [7, 11) is 1.42. The maximum atomic E-state index is 11.6. The van der Waals surface area contributed by atoms with Crippen molar-refractivity contribution in [1.82, 2.24) is 10.2 Å². The SMILES string of the molecule is COC(=O)[C@H](C)N[C@@H](C)CN(Cc1ccccc1)Cc1ccccc1. The lowest BCUT2D eigenvalue weighted by molar-refractivity contribution is -0.142. The number of carbonyl (C=O) groups excluding carboxylic acids is 1. The number of ether oxygens (including phenoxy) is 1. The number of hydrogen-bond acceptors (Lipinski definition) is 4. The molecule has 0 aliphatic carbocycles. The van der Waals surface area contributed by atoms with Gasteiger partial charge in [-0.05, 0) is 25.0 Å². The van der Waals surface area contributed by atoms with Crippen LogP contribution >= 0.6 is 0 Å². The molecule has 4 heteroatoms. The maximum Gasteiger partial charge on any atom is 0.322 e. The Morgan fingerprint density at radius 2 is 1.44 bits per heavy atom. The molecule has 2 aromatic carbocycles. The lowest BCUT2D eigenvalue weighted by Gasteiger charge is -2.28. The van der Waals surface area contributed by atoms with Crippen LogP contribution in [0, 0.1) is 0 Å². The highest BCUT2D eigenvalue weighted by Gasteiger charge is 2.18. The van der Waals surface area contributed by atoms with E-state index in [4.69, 9.17) is 4.74 Å².